The molecule has 138 valence electrons. The maximum atomic E-state index is 12.4. The summed E-state index contributed by atoms with van der Waals surface area (Å²) in [5, 5.41) is 5.29. The lowest BCUT2D eigenvalue weighted by molar-refractivity contribution is -0.121. The van der Waals surface area contributed by atoms with Crippen LogP contribution in [0, 0.1) is 0 Å². The van der Waals surface area contributed by atoms with Gasteiger partial charge in [-0.15, -0.1) is 11.3 Å². The van der Waals surface area contributed by atoms with E-state index in [9.17, 15) is 4.79 Å². The fraction of sp³-hybridized carbons (Fsp3) is 0.261. The number of fused-ring (bicyclic) bond motifs is 1. The van der Waals surface area contributed by atoms with E-state index in [0.717, 1.165) is 19.4 Å². The van der Waals surface area contributed by atoms with E-state index in [-0.39, 0.29) is 11.9 Å². The number of hydrogen-bond donors (Lipinski definition) is 1. The van der Waals surface area contributed by atoms with Crippen LogP contribution < -0.4 is 10.2 Å². The second-order valence-corrected chi connectivity index (χ2v) is 7.87. The highest BCUT2D eigenvalue weighted by Gasteiger charge is 2.27. The second-order valence-electron chi connectivity index (χ2n) is 6.89. The number of nitrogens with one attached hydrogen (secondary N) is 1. The molecule has 0 bridgehead atoms. The molecule has 1 amide bonds. The van der Waals surface area contributed by atoms with Crippen molar-refractivity contribution >= 4 is 22.9 Å². The normalized spacial score (nSPS) is 14.0. The highest BCUT2D eigenvalue weighted by Crippen LogP contribution is 2.36. The molecule has 1 aliphatic rings. The summed E-state index contributed by atoms with van der Waals surface area (Å²) in [6.45, 7) is 1.64. The molecule has 27 heavy (non-hydrogen) atoms. The number of carbonyl (C=O) groups is 1. The molecule has 2 heterocycles. The fourth-order valence-corrected chi connectivity index (χ4v) is 4.57. The molecule has 0 spiro atoms. The van der Waals surface area contributed by atoms with Gasteiger partial charge in [-0.25, -0.2) is 0 Å². The highest BCUT2D eigenvalue weighted by atomic mass is 32.1. The van der Waals surface area contributed by atoms with Gasteiger partial charge in [0.2, 0.25) is 5.91 Å². The van der Waals surface area contributed by atoms with Crippen LogP contribution in [0.5, 0.6) is 0 Å². The van der Waals surface area contributed by atoms with Gasteiger partial charge in [-0.2, -0.15) is 0 Å². The van der Waals surface area contributed by atoms with Gasteiger partial charge in [0.25, 0.3) is 0 Å². The van der Waals surface area contributed by atoms with E-state index < -0.39 is 0 Å². The fourth-order valence-electron chi connectivity index (χ4n) is 3.73. The predicted octanol–water partition coefficient (Wildman–Crippen LogP) is 4.60. The standard InChI is InChI=1S/C23H24N2OS/c26-23(13-12-18-7-2-1-3-8-18)24-17-21(22-11-6-16-27-22)25-15-14-19-9-4-5-10-20(19)25/h1-11,16,21H,12-15,17H2,(H,24,26). The zero-order valence-corrected chi connectivity index (χ0v) is 16.1. The lowest BCUT2D eigenvalue weighted by Gasteiger charge is -2.30. The number of rotatable bonds is 7. The summed E-state index contributed by atoms with van der Waals surface area (Å²) >= 11 is 1.76. The number of para-hydroxylation sites is 1. The van der Waals surface area contributed by atoms with Crippen molar-refractivity contribution in [2.45, 2.75) is 25.3 Å². The molecule has 3 aromatic rings. The largest absolute Gasteiger partial charge is 0.361 e. The molecule has 1 aliphatic heterocycles. The zero-order valence-electron chi connectivity index (χ0n) is 15.3. The van der Waals surface area contributed by atoms with E-state index >= 15 is 0 Å². The Bertz CT molecular complexity index is 876. The number of carbonyl (C=O) groups excluding carboxylic acids is 1. The van der Waals surface area contributed by atoms with Gasteiger partial charge in [0.1, 0.15) is 0 Å². The van der Waals surface area contributed by atoms with E-state index in [2.05, 4.69) is 64.1 Å². The second kappa shape index (κ2) is 8.40. The average molecular weight is 377 g/mol. The molecule has 0 radical (unpaired) electrons. The Morgan fingerprint density at radius 1 is 1.04 bits per heavy atom. The number of anilines is 1. The third kappa shape index (κ3) is 4.22. The number of nitrogens with zero attached hydrogens (tertiary/aromatic N) is 1. The minimum atomic E-state index is 0.118. The Hall–Kier alpha value is -2.59. The average Bonchev–Trinajstić information content (AvgIpc) is 3.38. The van der Waals surface area contributed by atoms with Crippen LogP contribution in [0.3, 0.4) is 0 Å². The Labute approximate surface area is 164 Å². The molecule has 1 aromatic heterocycles. The molecule has 0 aliphatic carbocycles. The molecular formula is C23H24N2OS. The van der Waals surface area contributed by atoms with Crippen LogP contribution in [0.2, 0.25) is 0 Å². The summed E-state index contributed by atoms with van der Waals surface area (Å²) in [5.74, 6) is 0.118. The van der Waals surface area contributed by atoms with Crippen LogP contribution >= 0.6 is 11.3 Å². The molecule has 0 fully saturated rings. The Morgan fingerprint density at radius 3 is 2.67 bits per heavy atom. The number of thiophene rings is 1. The van der Waals surface area contributed by atoms with E-state index in [0.29, 0.717) is 13.0 Å². The summed E-state index contributed by atoms with van der Waals surface area (Å²) in [5.41, 5.74) is 3.90. The van der Waals surface area contributed by atoms with Gasteiger partial charge in [0, 0.05) is 30.1 Å². The Balaban J connectivity index is 1.41. The van der Waals surface area contributed by atoms with Crippen LogP contribution in [-0.2, 0) is 17.6 Å². The molecule has 0 saturated carbocycles. The first-order chi connectivity index (χ1) is 13.3. The first kappa shape index (κ1) is 17.8. The molecule has 1 N–H and O–H groups in total. The van der Waals surface area contributed by atoms with Crippen molar-refractivity contribution in [2.75, 3.05) is 18.0 Å². The van der Waals surface area contributed by atoms with Crippen LogP contribution in [0.1, 0.15) is 28.5 Å². The number of hydrogen-bond acceptors (Lipinski definition) is 3. The summed E-state index contributed by atoms with van der Waals surface area (Å²) in [6.07, 6.45) is 2.38. The smallest absolute Gasteiger partial charge is 0.220 e. The third-order valence-electron chi connectivity index (χ3n) is 5.15. The van der Waals surface area contributed by atoms with E-state index in [1.54, 1.807) is 11.3 Å². The van der Waals surface area contributed by atoms with Crippen molar-refractivity contribution in [3.63, 3.8) is 0 Å². The van der Waals surface area contributed by atoms with Crippen LogP contribution in [0.15, 0.2) is 72.1 Å². The SMILES string of the molecule is O=C(CCc1ccccc1)NCC(c1cccs1)N1CCc2ccccc21. The number of benzene rings is 2. The first-order valence-corrected chi connectivity index (χ1v) is 10.4. The van der Waals surface area contributed by atoms with Gasteiger partial charge >= 0.3 is 0 Å². The summed E-state index contributed by atoms with van der Waals surface area (Å²) < 4.78 is 0. The monoisotopic (exact) mass is 376 g/mol. The molecule has 3 nitrogen and oxygen atoms in total. The van der Waals surface area contributed by atoms with Crippen LogP contribution in [-0.4, -0.2) is 19.0 Å². The van der Waals surface area contributed by atoms with E-state index in [1.165, 1.54) is 21.7 Å². The van der Waals surface area contributed by atoms with Gasteiger partial charge in [-0.05, 0) is 41.5 Å². The predicted molar refractivity (Wildman–Crippen MR) is 112 cm³/mol. The molecule has 1 atom stereocenters. The van der Waals surface area contributed by atoms with Crippen molar-refractivity contribution in [3.05, 3.63) is 88.1 Å². The number of amides is 1. The van der Waals surface area contributed by atoms with Crippen molar-refractivity contribution < 1.29 is 4.79 Å². The zero-order chi connectivity index (χ0) is 18.5. The van der Waals surface area contributed by atoms with Crippen molar-refractivity contribution in [1.82, 2.24) is 5.32 Å². The molecule has 2 aromatic carbocycles. The van der Waals surface area contributed by atoms with Gasteiger partial charge in [-0.1, -0.05) is 54.6 Å². The van der Waals surface area contributed by atoms with Crippen LogP contribution in [0.4, 0.5) is 5.69 Å². The lowest BCUT2D eigenvalue weighted by Crippen LogP contribution is -2.37. The maximum absolute atomic E-state index is 12.4. The summed E-state index contributed by atoms with van der Waals surface area (Å²) in [7, 11) is 0. The molecular weight excluding hydrogens is 352 g/mol. The summed E-state index contributed by atoms with van der Waals surface area (Å²) in [4.78, 5) is 16.2. The van der Waals surface area contributed by atoms with Crippen molar-refractivity contribution in [1.29, 1.82) is 0 Å². The summed E-state index contributed by atoms with van der Waals surface area (Å²) in [6, 6.07) is 23.2. The van der Waals surface area contributed by atoms with Gasteiger partial charge in [0.15, 0.2) is 0 Å². The molecule has 1 unspecified atom stereocenters. The third-order valence-corrected chi connectivity index (χ3v) is 6.12. The molecule has 0 saturated heterocycles. The van der Waals surface area contributed by atoms with Gasteiger partial charge in [0.05, 0.1) is 6.04 Å². The lowest BCUT2D eigenvalue weighted by atomic mass is 10.1. The van der Waals surface area contributed by atoms with E-state index in [4.69, 9.17) is 0 Å². The van der Waals surface area contributed by atoms with Gasteiger partial charge in [-0.3, -0.25) is 4.79 Å². The van der Waals surface area contributed by atoms with Crippen molar-refractivity contribution in [2.24, 2.45) is 0 Å². The molecule has 4 rings (SSSR count). The minimum absolute atomic E-state index is 0.118. The topological polar surface area (TPSA) is 32.3 Å². The Kier molecular flexibility index (Phi) is 5.54. The van der Waals surface area contributed by atoms with Crippen LogP contribution in [0.25, 0.3) is 0 Å². The van der Waals surface area contributed by atoms with E-state index in [1.807, 2.05) is 18.2 Å². The highest BCUT2D eigenvalue weighted by molar-refractivity contribution is 7.10. The number of aryl methyl sites for hydroxylation is 1. The maximum Gasteiger partial charge on any atom is 0.220 e. The Morgan fingerprint density at radius 2 is 1.85 bits per heavy atom. The molecule has 4 heteroatoms. The first-order valence-electron chi connectivity index (χ1n) is 9.50. The minimum Gasteiger partial charge on any atom is -0.361 e. The van der Waals surface area contributed by atoms with Gasteiger partial charge < -0.3 is 10.2 Å². The van der Waals surface area contributed by atoms with Crippen molar-refractivity contribution in [3.8, 4) is 0 Å². The quantitative estimate of drug-likeness (QED) is 0.653.